The van der Waals surface area contributed by atoms with Gasteiger partial charge >= 0.3 is 6.18 Å². The van der Waals surface area contributed by atoms with E-state index in [0.717, 1.165) is 0 Å². The average molecular weight is 269 g/mol. The van der Waals surface area contributed by atoms with Crippen LogP contribution < -0.4 is 10.6 Å². The summed E-state index contributed by atoms with van der Waals surface area (Å²) in [5.74, 6) is -1.06. The Labute approximate surface area is 104 Å². The zero-order chi connectivity index (χ0) is 14.5. The summed E-state index contributed by atoms with van der Waals surface area (Å²) < 4.78 is 35.6. The van der Waals surface area contributed by atoms with Crippen molar-refractivity contribution in [1.29, 1.82) is 0 Å². The molecule has 2 atom stereocenters. The molecule has 0 radical (unpaired) electrons. The molecule has 0 aliphatic carbocycles. The predicted octanol–water partition coefficient (Wildman–Crippen LogP) is 0.120. The number of nitrogens with one attached hydrogen (secondary N) is 2. The second-order valence-corrected chi connectivity index (χ2v) is 4.18. The van der Waals surface area contributed by atoms with Gasteiger partial charge in [0.25, 0.3) is 0 Å². The molecule has 0 saturated heterocycles. The Hall–Kier alpha value is -1.31. The van der Waals surface area contributed by atoms with Crippen molar-refractivity contribution < 1.29 is 22.8 Å². The second kappa shape index (κ2) is 6.58. The van der Waals surface area contributed by atoms with Gasteiger partial charge in [-0.15, -0.1) is 0 Å². The third-order valence-corrected chi connectivity index (χ3v) is 2.17. The SMILES string of the molecule is CC(NC(C)C(=O)N(C)C)C(=O)NCC(F)(F)F. The maximum Gasteiger partial charge on any atom is 0.405 e. The molecule has 18 heavy (non-hydrogen) atoms. The zero-order valence-corrected chi connectivity index (χ0v) is 10.8. The van der Waals surface area contributed by atoms with E-state index in [1.165, 1.54) is 18.7 Å². The van der Waals surface area contributed by atoms with Gasteiger partial charge in [0, 0.05) is 14.1 Å². The van der Waals surface area contributed by atoms with E-state index < -0.39 is 30.7 Å². The monoisotopic (exact) mass is 269 g/mol. The van der Waals surface area contributed by atoms with Gasteiger partial charge in [-0.3, -0.25) is 14.9 Å². The highest BCUT2D eigenvalue weighted by molar-refractivity contribution is 5.84. The molecule has 0 aromatic rings. The average Bonchev–Trinajstić information content (AvgIpc) is 2.23. The van der Waals surface area contributed by atoms with Crippen molar-refractivity contribution in [1.82, 2.24) is 15.5 Å². The number of alkyl halides is 3. The van der Waals surface area contributed by atoms with E-state index in [1.807, 2.05) is 0 Å². The van der Waals surface area contributed by atoms with Crippen LogP contribution in [0.15, 0.2) is 0 Å². The maximum absolute atomic E-state index is 11.9. The van der Waals surface area contributed by atoms with Gasteiger partial charge in [0.15, 0.2) is 0 Å². The van der Waals surface area contributed by atoms with Gasteiger partial charge in [0.05, 0.1) is 12.1 Å². The van der Waals surface area contributed by atoms with Crippen molar-refractivity contribution in [3.05, 3.63) is 0 Å². The Morgan fingerprint density at radius 2 is 1.67 bits per heavy atom. The lowest BCUT2D eigenvalue weighted by molar-refractivity contribution is -0.140. The van der Waals surface area contributed by atoms with Crippen molar-refractivity contribution in [2.24, 2.45) is 0 Å². The Kier molecular flexibility index (Phi) is 6.10. The molecular formula is C10H18F3N3O2. The van der Waals surface area contributed by atoms with Crippen LogP contribution in [-0.2, 0) is 9.59 Å². The van der Waals surface area contributed by atoms with E-state index in [0.29, 0.717) is 0 Å². The summed E-state index contributed by atoms with van der Waals surface area (Å²) in [5.41, 5.74) is 0. The predicted molar refractivity (Wildman–Crippen MR) is 59.8 cm³/mol. The molecule has 0 heterocycles. The first-order valence-electron chi connectivity index (χ1n) is 5.36. The molecule has 0 rings (SSSR count). The third-order valence-electron chi connectivity index (χ3n) is 2.17. The van der Waals surface area contributed by atoms with Crippen LogP contribution in [0.3, 0.4) is 0 Å². The van der Waals surface area contributed by atoms with Crippen LogP contribution in [0.5, 0.6) is 0 Å². The quantitative estimate of drug-likeness (QED) is 0.745. The normalized spacial score (nSPS) is 14.8. The fourth-order valence-corrected chi connectivity index (χ4v) is 1.25. The third kappa shape index (κ3) is 6.43. The highest BCUT2D eigenvalue weighted by atomic mass is 19.4. The Morgan fingerprint density at radius 1 is 1.17 bits per heavy atom. The zero-order valence-electron chi connectivity index (χ0n) is 10.8. The smallest absolute Gasteiger partial charge is 0.347 e. The van der Waals surface area contributed by atoms with E-state index in [4.69, 9.17) is 0 Å². The molecule has 0 bridgehead atoms. The van der Waals surface area contributed by atoms with Crippen molar-refractivity contribution in [3.8, 4) is 0 Å². The number of hydrogen-bond donors (Lipinski definition) is 2. The summed E-state index contributed by atoms with van der Waals surface area (Å²) in [4.78, 5) is 24.1. The molecule has 2 unspecified atom stereocenters. The van der Waals surface area contributed by atoms with E-state index in [-0.39, 0.29) is 5.91 Å². The molecule has 0 aromatic heterocycles. The largest absolute Gasteiger partial charge is 0.405 e. The van der Waals surface area contributed by atoms with Gasteiger partial charge in [-0.05, 0) is 13.8 Å². The molecule has 0 spiro atoms. The van der Waals surface area contributed by atoms with Gasteiger partial charge in [0.1, 0.15) is 6.54 Å². The maximum atomic E-state index is 11.9. The van der Waals surface area contributed by atoms with E-state index in [9.17, 15) is 22.8 Å². The second-order valence-electron chi connectivity index (χ2n) is 4.18. The highest BCUT2D eigenvalue weighted by Gasteiger charge is 2.29. The summed E-state index contributed by atoms with van der Waals surface area (Å²) in [7, 11) is 3.10. The fraction of sp³-hybridized carbons (Fsp3) is 0.800. The summed E-state index contributed by atoms with van der Waals surface area (Å²) in [6.45, 7) is 1.55. The summed E-state index contributed by atoms with van der Waals surface area (Å²) in [6, 6.07) is -1.53. The molecule has 2 N–H and O–H groups in total. The van der Waals surface area contributed by atoms with Crippen molar-refractivity contribution in [2.45, 2.75) is 32.1 Å². The molecule has 8 heteroatoms. The van der Waals surface area contributed by atoms with Crippen LogP contribution in [0.4, 0.5) is 13.2 Å². The van der Waals surface area contributed by atoms with Crippen LogP contribution in [0.2, 0.25) is 0 Å². The molecule has 0 fully saturated rings. The van der Waals surface area contributed by atoms with Gasteiger partial charge in [-0.1, -0.05) is 0 Å². The number of likely N-dealkylation sites (N-methyl/N-ethyl adjacent to an activating group) is 1. The van der Waals surface area contributed by atoms with E-state index in [1.54, 1.807) is 19.4 Å². The molecular weight excluding hydrogens is 251 g/mol. The van der Waals surface area contributed by atoms with Crippen LogP contribution in [-0.4, -0.2) is 55.6 Å². The molecule has 0 aliphatic rings. The molecule has 0 aromatic carbocycles. The lowest BCUT2D eigenvalue weighted by atomic mass is 10.2. The molecule has 0 saturated carbocycles. The first-order chi connectivity index (χ1) is 8.04. The minimum absolute atomic E-state index is 0.259. The lowest BCUT2D eigenvalue weighted by Crippen LogP contribution is -2.51. The van der Waals surface area contributed by atoms with Crippen LogP contribution >= 0.6 is 0 Å². The number of halogens is 3. The number of hydrogen-bond acceptors (Lipinski definition) is 3. The van der Waals surface area contributed by atoms with Crippen LogP contribution in [0, 0.1) is 0 Å². The summed E-state index contributed by atoms with van der Waals surface area (Å²) in [6.07, 6.45) is -4.44. The minimum Gasteiger partial charge on any atom is -0.347 e. The topological polar surface area (TPSA) is 61.4 Å². The molecule has 2 amide bonds. The van der Waals surface area contributed by atoms with Gasteiger partial charge in [-0.2, -0.15) is 13.2 Å². The lowest BCUT2D eigenvalue weighted by Gasteiger charge is -2.22. The van der Waals surface area contributed by atoms with Crippen LogP contribution in [0.1, 0.15) is 13.8 Å². The number of nitrogens with zero attached hydrogens (tertiary/aromatic N) is 1. The van der Waals surface area contributed by atoms with E-state index in [2.05, 4.69) is 5.32 Å². The van der Waals surface area contributed by atoms with Crippen molar-refractivity contribution >= 4 is 11.8 Å². The highest BCUT2D eigenvalue weighted by Crippen LogP contribution is 2.12. The number of amides is 2. The first kappa shape index (κ1) is 16.7. The van der Waals surface area contributed by atoms with Gasteiger partial charge in [-0.25, -0.2) is 0 Å². The minimum atomic E-state index is -4.44. The Morgan fingerprint density at radius 3 is 2.06 bits per heavy atom. The van der Waals surface area contributed by atoms with Gasteiger partial charge in [0.2, 0.25) is 11.8 Å². The van der Waals surface area contributed by atoms with Gasteiger partial charge < -0.3 is 10.2 Å². The molecule has 5 nitrogen and oxygen atoms in total. The van der Waals surface area contributed by atoms with Crippen molar-refractivity contribution in [3.63, 3.8) is 0 Å². The Bertz CT molecular complexity index is 305. The van der Waals surface area contributed by atoms with E-state index >= 15 is 0 Å². The summed E-state index contributed by atoms with van der Waals surface area (Å²) in [5, 5.41) is 4.37. The van der Waals surface area contributed by atoms with Crippen LogP contribution in [0.25, 0.3) is 0 Å². The molecule has 0 aliphatic heterocycles. The number of carbonyl (C=O) groups excluding carboxylic acids is 2. The van der Waals surface area contributed by atoms with Crippen molar-refractivity contribution in [2.75, 3.05) is 20.6 Å². The Balaban J connectivity index is 4.20. The first-order valence-corrected chi connectivity index (χ1v) is 5.36. The number of carbonyl (C=O) groups is 2. The summed E-state index contributed by atoms with van der Waals surface area (Å²) >= 11 is 0. The molecule has 106 valence electrons. The standard InChI is InChI=1S/C10H18F3N3O2/c1-6(8(17)14-5-10(11,12)13)15-7(2)9(18)16(3)4/h6-7,15H,5H2,1-4H3,(H,14,17). The fourth-order valence-electron chi connectivity index (χ4n) is 1.25. The number of rotatable bonds is 5.